The number of hydrogen-bond acceptors (Lipinski definition) is 6. The number of aromatic nitrogens is 3. The molecule has 1 aliphatic heterocycles. The summed E-state index contributed by atoms with van der Waals surface area (Å²) in [6, 6.07) is 21.0. The molecule has 0 spiro atoms. The third kappa shape index (κ3) is 4.54. The summed E-state index contributed by atoms with van der Waals surface area (Å²) in [6.45, 7) is 3.00. The zero-order chi connectivity index (χ0) is 25.1. The van der Waals surface area contributed by atoms with Crippen LogP contribution in [-0.2, 0) is 9.53 Å². The van der Waals surface area contributed by atoms with E-state index in [1.165, 1.54) is 0 Å². The first-order chi connectivity index (χ1) is 17.6. The lowest BCUT2D eigenvalue weighted by Crippen LogP contribution is -2.43. The number of esters is 1. The quantitative estimate of drug-likeness (QED) is 0.375. The van der Waals surface area contributed by atoms with E-state index in [2.05, 4.69) is 0 Å². The van der Waals surface area contributed by atoms with Crippen molar-refractivity contribution in [2.24, 2.45) is 5.92 Å². The normalized spacial score (nSPS) is 15.6. The van der Waals surface area contributed by atoms with Gasteiger partial charge in [0.05, 0.1) is 31.0 Å². The zero-order valence-corrected chi connectivity index (χ0v) is 20.4. The van der Waals surface area contributed by atoms with Gasteiger partial charge in [0.2, 0.25) is 0 Å². The van der Waals surface area contributed by atoms with Gasteiger partial charge in [-0.3, -0.25) is 9.59 Å². The maximum Gasteiger partial charge on any atom is 0.310 e. The molecule has 8 heteroatoms. The largest absolute Gasteiger partial charge is 0.496 e. The van der Waals surface area contributed by atoms with Gasteiger partial charge in [-0.05, 0) is 38.0 Å². The summed E-state index contributed by atoms with van der Waals surface area (Å²) in [5, 5.41) is 4.74. The number of ether oxygens (including phenoxy) is 2. The molecule has 36 heavy (non-hydrogen) atoms. The van der Waals surface area contributed by atoms with E-state index < -0.39 is 0 Å². The summed E-state index contributed by atoms with van der Waals surface area (Å²) < 4.78 is 12.4. The second-order valence-corrected chi connectivity index (χ2v) is 8.73. The molecule has 4 aromatic rings. The van der Waals surface area contributed by atoms with Crippen LogP contribution in [0.2, 0.25) is 0 Å². The van der Waals surface area contributed by atoms with Crippen LogP contribution in [0.15, 0.2) is 66.7 Å². The Labute approximate surface area is 209 Å². The number of fused-ring (bicyclic) bond motifs is 1. The number of carbonyl (C=O) groups is 2. The fourth-order valence-corrected chi connectivity index (χ4v) is 4.65. The van der Waals surface area contributed by atoms with Crippen molar-refractivity contribution in [3.8, 4) is 28.3 Å². The molecule has 0 N–H and O–H groups in total. The number of methoxy groups -OCH3 is 1. The summed E-state index contributed by atoms with van der Waals surface area (Å²) in [5.74, 6) is -0.118. The minimum Gasteiger partial charge on any atom is -0.496 e. The van der Waals surface area contributed by atoms with Gasteiger partial charge in [-0.2, -0.15) is 5.10 Å². The van der Waals surface area contributed by atoms with Gasteiger partial charge in [-0.15, -0.1) is 0 Å². The van der Waals surface area contributed by atoms with Crippen molar-refractivity contribution in [1.29, 1.82) is 0 Å². The van der Waals surface area contributed by atoms with Crippen LogP contribution in [0, 0.1) is 5.92 Å². The Morgan fingerprint density at radius 2 is 1.81 bits per heavy atom. The summed E-state index contributed by atoms with van der Waals surface area (Å²) in [7, 11) is 1.61. The number of benzene rings is 2. The van der Waals surface area contributed by atoms with E-state index in [-0.39, 0.29) is 17.8 Å². The van der Waals surface area contributed by atoms with Gasteiger partial charge in [0.1, 0.15) is 11.4 Å². The van der Waals surface area contributed by atoms with Crippen LogP contribution in [0.3, 0.4) is 0 Å². The van der Waals surface area contributed by atoms with Crippen molar-refractivity contribution in [3.05, 3.63) is 72.4 Å². The van der Waals surface area contributed by atoms with Crippen molar-refractivity contribution in [1.82, 2.24) is 19.5 Å². The second-order valence-electron chi connectivity index (χ2n) is 8.73. The van der Waals surface area contributed by atoms with E-state index in [0.717, 1.165) is 23.2 Å². The van der Waals surface area contributed by atoms with Crippen molar-refractivity contribution >= 4 is 17.5 Å². The van der Waals surface area contributed by atoms with Gasteiger partial charge >= 0.3 is 5.97 Å². The summed E-state index contributed by atoms with van der Waals surface area (Å²) >= 11 is 0. The molecular weight excluding hydrogens is 456 g/mol. The Kier molecular flexibility index (Phi) is 6.66. The fraction of sp³-hybridized carbons (Fsp3) is 0.286. The number of amides is 1. The molecule has 2 aromatic carbocycles. The molecule has 184 valence electrons. The number of carbonyl (C=O) groups excluding carboxylic acids is 2. The van der Waals surface area contributed by atoms with Gasteiger partial charge in [-0.25, -0.2) is 9.50 Å². The van der Waals surface area contributed by atoms with Crippen molar-refractivity contribution < 1.29 is 19.1 Å². The minimum atomic E-state index is -0.328. The number of hydrogen-bond donors (Lipinski definition) is 0. The molecule has 1 atom stereocenters. The lowest BCUT2D eigenvalue weighted by Gasteiger charge is -2.31. The van der Waals surface area contributed by atoms with Crippen molar-refractivity contribution in [3.63, 3.8) is 0 Å². The number of para-hydroxylation sites is 1. The Hall–Kier alpha value is -4.20. The number of nitrogens with zero attached hydrogens (tertiary/aromatic N) is 4. The van der Waals surface area contributed by atoms with E-state index in [1.807, 2.05) is 60.7 Å². The molecule has 0 unspecified atom stereocenters. The molecule has 3 heterocycles. The summed E-state index contributed by atoms with van der Waals surface area (Å²) in [6.07, 6.45) is 1.44. The van der Waals surface area contributed by atoms with E-state index in [9.17, 15) is 9.59 Å². The van der Waals surface area contributed by atoms with Crippen LogP contribution in [0.4, 0.5) is 0 Å². The smallest absolute Gasteiger partial charge is 0.310 e. The molecule has 5 rings (SSSR count). The topological polar surface area (TPSA) is 86.0 Å². The lowest BCUT2D eigenvalue weighted by molar-refractivity contribution is -0.149. The summed E-state index contributed by atoms with van der Waals surface area (Å²) in [4.78, 5) is 32.8. The van der Waals surface area contributed by atoms with E-state index in [1.54, 1.807) is 29.5 Å². The number of likely N-dealkylation sites (tertiary alicyclic amines) is 1. The molecule has 1 aliphatic rings. The standard InChI is InChI=1S/C28H28N4O4/c1-3-36-28(34)20-12-9-15-31(18-20)27(33)24-16-23(21-13-7-8-14-25(21)35-2)29-26-17-22(30-32(24)26)19-10-5-4-6-11-19/h4-8,10-11,13-14,16-17,20H,3,9,12,15,18H2,1-2H3/t20-/m1/s1. The molecule has 8 nitrogen and oxygen atoms in total. The third-order valence-electron chi connectivity index (χ3n) is 6.43. The molecular formula is C28H28N4O4. The highest BCUT2D eigenvalue weighted by molar-refractivity contribution is 5.95. The predicted molar refractivity (Wildman–Crippen MR) is 136 cm³/mol. The Morgan fingerprint density at radius 1 is 1.03 bits per heavy atom. The predicted octanol–water partition coefficient (Wildman–Crippen LogP) is 4.49. The maximum absolute atomic E-state index is 13.9. The van der Waals surface area contributed by atoms with Crippen LogP contribution >= 0.6 is 0 Å². The Morgan fingerprint density at radius 3 is 2.58 bits per heavy atom. The first-order valence-electron chi connectivity index (χ1n) is 12.1. The monoisotopic (exact) mass is 484 g/mol. The van der Waals surface area contributed by atoms with E-state index in [0.29, 0.717) is 48.9 Å². The first-order valence-corrected chi connectivity index (χ1v) is 12.1. The molecule has 0 radical (unpaired) electrons. The highest BCUT2D eigenvalue weighted by atomic mass is 16.5. The van der Waals surface area contributed by atoms with Gasteiger partial charge in [0.25, 0.3) is 5.91 Å². The van der Waals surface area contributed by atoms with Crippen LogP contribution in [0.1, 0.15) is 30.3 Å². The van der Waals surface area contributed by atoms with Crippen LogP contribution in [0.5, 0.6) is 5.75 Å². The highest BCUT2D eigenvalue weighted by Crippen LogP contribution is 2.31. The molecule has 0 bridgehead atoms. The van der Waals surface area contributed by atoms with Gasteiger partial charge < -0.3 is 14.4 Å². The average molecular weight is 485 g/mol. The zero-order valence-electron chi connectivity index (χ0n) is 20.4. The minimum absolute atomic E-state index is 0.199. The molecule has 1 amide bonds. The van der Waals surface area contributed by atoms with Gasteiger partial charge in [0, 0.05) is 30.3 Å². The second kappa shape index (κ2) is 10.2. The Bertz CT molecular complexity index is 1400. The lowest BCUT2D eigenvalue weighted by atomic mass is 9.98. The van der Waals surface area contributed by atoms with E-state index >= 15 is 0 Å². The van der Waals surface area contributed by atoms with Crippen molar-refractivity contribution in [2.45, 2.75) is 19.8 Å². The van der Waals surface area contributed by atoms with E-state index in [4.69, 9.17) is 19.6 Å². The number of rotatable bonds is 6. The summed E-state index contributed by atoms with van der Waals surface area (Å²) in [5.41, 5.74) is 3.98. The molecule has 0 aliphatic carbocycles. The maximum atomic E-state index is 13.9. The SMILES string of the molecule is CCOC(=O)[C@@H]1CCCN(C(=O)c2cc(-c3ccccc3OC)nc3cc(-c4ccccc4)nn23)C1. The highest BCUT2D eigenvalue weighted by Gasteiger charge is 2.31. The molecule has 1 fully saturated rings. The first kappa shape index (κ1) is 23.5. The fourth-order valence-electron chi connectivity index (χ4n) is 4.65. The van der Waals surface area contributed by atoms with Crippen LogP contribution in [0.25, 0.3) is 28.2 Å². The van der Waals surface area contributed by atoms with Crippen LogP contribution < -0.4 is 4.74 Å². The van der Waals surface area contributed by atoms with Crippen molar-refractivity contribution in [2.75, 3.05) is 26.8 Å². The number of piperidine rings is 1. The third-order valence-corrected chi connectivity index (χ3v) is 6.43. The van der Waals surface area contributed by atoms with Gasteiger partial charge in [-0.1, -0.05) is 42.5 Å². The van der Waals surface area contributed by atoms with Gasteiger partial charge in [0.15, 0.2) is 5.65 Å². The molecule has 0 saturated carbocycles. The van der Waals surface area contributed by atoms with Crippen LogP contribution in [-0.4, -0.2) is 58.2 Å². The molecule has 2 aromatic heterocycles. The Balaban J connectivity index is 1.60. The molecule has 1 saturated heterocycles. The average Bonchev–Trinajstić information content (AvgIpc) is 3.37.